The summed E-state index contributed by atoms with van der Waals surface area (Å²) in [6, 6.07) is 6.04. The average molecular weight is 292 g/mol. The van der Waals surface area contributed by atoms with Crippen LogP contribution in [0.1, 0.15) is 13.8 Å². The van der Waals surface area contributed by atoms with E-state index in [0.29, 0.717) is 5.70 Å². The smallest absolute Gasteiger partial charge is 0.292 e. The van der Waals surface area contributed by atoms with E-state index in [4.69, 9.17) is 10.5 Å². The van der Waals surface area contributed by atoms with Gasteiger partial charge in [-0.25, -0.2) is 0 Å². The molecule has 4 N–H and O–H groups in total. The number of allylic oxidation sites excluding steroid dienone is 2. The number of aliphatic hydroxyl groups excluding tert-OH is 1. The number of para-hydroxylation sites is 2. The highest BCUT2D eigenvalue weighted by Crippen LogP contribution is 2.25. The van der Waals surface area contributed by atoms with Gasteiger partial charge in [0.2, 0.25) is 5.91 Å². The van der Waals surface area contributed by atoms with Crippen LogP contribution in [-0.4, -0.2) is 28.3 Å². The maximum absolute atomic E-state index is 11.2. The number of anilines is 1. The number of benzene rings is 1. The number of nitrogens with zero attached hydrogens (tertiary/aromatic N) is 1. The van der Waals surface area contributed by atoms with Crippen LogP contribution in [0.15, 0.2) is 35.7 Å². The summed E-state index contributed by atoms with van der Waals surface area (Å²) in [6.45, 7) is 2.31. The van der Waals surface area contributed by atoms with E-state index in [-0.39, 0.29) is 22.8 Å². The van der Waals surface area contributed by atoms with Crippen molar-refractivity contribution in [1.82, 2.24) is 5.32 Å². The van der Waals surface area contributed by atoms with Crippen molar-refractivity contribution in [2.45, 2.75) is 13.8 Å². The Morgan fingerprint density at radius 3 is 2.52 bits per heavy atom. The molecule has 0 unspecified atom stereocenters. The Morgan fingerprint density at radius 2 is 2.00 bits per heavy atom. The first-order valence-electron chi connectivity index (χ1n) is 6.04. The van der Waals surface area contributed by atoms with Gasteiger partial charge in [-0.15, -0.1) is 0 Å². The zero-order valence-corrected chi connectivity index (χ0v) is 11.6. The summed E-state index contributed by atoms with van der Waals surface area (Å²) < 4.78 is 0. The average Bonchev–Trinajstić information content (AvgIpc) is 2.44. The predicted octanol–water partition coefficient (Wildman–Crippen LogP) is 1.39. The van der Waals surface area contributed by atoms with Crippen molar-refractivity contribution in [3.8, 4) is 0 Å². The van der Waals surface area contributed by atoms with Crippen molar-refractivity contribution in [1.29, 1.82) is 5.41 Å². The second-order valence-corrected chi connectivity index (χ2v) is 4.23. The summed E-state index contributed by atoms with van der Waals surface area (Å²) in [5, 5.41) is 32.5. The van der Waals surface area contributed by atoms with Crippen LogP contribution in [0.25, 0.3) is 0 Å². The third-order valence-electron chi connectivity index (χ3n) is 2.58. The zero-order chi connectivity index (χ0) is 16.0. The number of rotatable bonds is 6. The highest BCUT2D eigenvalue weighted by Gasteiger charge is 2.15. The molecule has 0 saturated heterocycles. The van der Waals surface area contributed by atoms with Gasteiger partial charge in [0.15, 0.2) is 0 Å². The highest BCUT2D eigenvalue weighted by molar-refractivity contribution is 6.00. The first-order valence-corrected chi connectivity index (χ1v) is 6.04. The van der Waals surface area contributed by atoms with Gasteiger partial charge in [-0.05, 0) is 19.9 Å². The van der Waals surface area contributed by atoms with Gasteiger partial charge in [-0.2, -0.15) is 0 Å². The maximum atomic E-state index is 11.2. The van der Waals surface area contributed by atoms with Gasteiger partial charge >= 0.3 is 0 Å². The molecule has 0 radical (unpaired) electrons. The fourth-order valence-electron chi connectivity index (χ4n) is 1.65. The van der Waals surface area contributed by atoms with Gasteiger partial charge in [0.05, 0.1) is 16.3 Å². The molecule has 0 spiro atoms. The molecule has 0 aliphatic carbocycles. The Labute approximate surface area is 121 Å². The molecular formula is C13H16N4O4. The molecule has 0 aliphatic heterocycles. The number of nitro groups is 1. The molecule has 0 atom stereocenters. The molecule has 1 aromatic carbocycles. The molecule has 21 heavy (non-hydrogen) atoms. The Bertz CT molecular complexity index is 610. The van der Waals surface area contributed by atoms with Gasteiger partial charge < -0.3 is 21.1 Å². The monoisotopic (exact) mass is 292 g/mol. The van der Waals surface area contributed by atoms with E-state index in [0.717, 1.165) is 0 Å². The van der Waals surface area contributed by atoms with Gasteiger partial charge in [0.1, 0.15) is 12.3 Å². The number of amides is 1. The highest BCUT2D eigenvalue weighted by atomic mass is 16.6. The van der Waals surface area contributed by atoms with Crippen LogP contribution in [-0.2, 0) is 4.79 Å². The van der Waals surface area contributed by atoms with E-state index >= 15 is 0 Å². The molecule has 1 rings (SSSR count). The number of nitro benzene ring substituents is 1. The third kappa shape index (κ3) is 4.39. The lowest BCUT2D eigenvalue weighted by molar-refractivity contribution is -0.383. The van der Waals surface area contributed by atoms with Crippen LogP contribution in [0, 0.1) is 15.5 Å². The van der Waals surface area contributed by atoms with Crippen LogP contribution in [0.2, 0.25) is 0 Å². The first-order chi connectivity index (χ1) is 9.86. The van der Waals surface area contributed by atoms with Crippen molar-refractivity contribution in [2.24, 2.45) is 0 Å². The Hall–Kier alpha value is -2.74. The minimum Gasteiger partial charge on any atom is -0.387 e. The standard InChI is InChI=1S/C13H16N4O4/c1-8(14)13(16-12(19)7-18)9(2)15-10-5-3-4-6-11(10)17(20)21/h3-6,14-15,18H,7H2,1-2H3,(H,16,19)/b13-9+,14-8?. The fourth-order valence-corrected chi connectivity index (χ4v) is 1.65. The van der Waals surface area contributed by atoms with Gasteiger partial charge in [-0.1, -0.05) is 12.1 Å². The number of hydrogen-bond donors (Lipinski definition) is 4. The lowest BCUT2D eigenvalue weighted by atomic mass is 10.2. The summed E-state index contributed by atoms with van der Waals surface area (Å²) in [6.07, 6.45) is 0. The van der Waals surface area contributed by atoms with Gasteiger partial charge in [0, 0.05) is 11.8 Å². The summed E-state index contributed by atoms with van der Waals surface area (Å²) in [4.78, 5) is 21.6. The number of carbonyl (C=O) groups is 1. The van der Waals surface area contributed by atoms with Crippen molar-refractivity contribution in [3.63, 3.8) is 0 Å². The number of nitrogens with one attached hydrogen (secondary N) is 3. The quantitative estimate of drug-likeness (QED) is 0.358. The first kappa shape index (κ1) is 16.3. The van der Waals surface area contributed by atoms with Crippen LogP contribution in [0.4, 0.5) is 11.4 Å². The van der Waals surface area contributed by atoms with E-state index in [2.05, 4.69) is 10.6 Å². The second-order valence-electron chi connectivity index (χ2n) is 4.23. The lowest BCUT2D eigenvalue weighted by Gasteiger charge is -2.14. The number of hydrogen-bond acceptors (Lipinski definition) is 6. The molecule has 1 aromatic rings. The molecular weight excluding hydrogens is 276 g/mol. The minimum atomic E-state index is -0.713. The third-order valence-corrected chi connectivity index (χ3v) is 2.58. The number of carbonyl (C=O) groups excluding carboxylic acids is 1. The molecule has 0 fully saturated rings. The Kier molecular flexibility index (Phi) is 5.56. The molecule has 0 aromatic heterocycles. The molecule has 8 nitrogen and oxygen atoms in total. The molecule has 0 bridgehead atoms. The fraction of sp³-hybridized carbons (Fsp3) is 0.231. The SMILES string of the molecule is CC(=N)/C(NC(=O)CO)=C(/C)Nc1ccccc1[N+](=O)[O-]. The van der Waals surface area contributed by atoms with Crippen LogP contribution in [0.5, 0.6) is 0 Å². The zero-order valence-electron chi connectivity index (χ0n) is 11.6. The molecule has 1 amide bonds. The van der Waals surface area contributed by atoms with Crippen molar-refractivity contribution >= 4 is 23.0 Å². The van der Waals surface area contributed by atoms with Crippen LogP contribution in [0.3, 0.4) is 0 Å². The minimum absolute atomic E-state index is 0.0559. The topological polar surface area (TPSA) is 128 Å². The molecule has 0 saturated carbocycles. The van der Waals surface area contributed by atoms with E-state index in [1.807, 2.05) is 0 Å². The van der Waals surface area contributed by atoms with Crippen LogP contribution < -0.4 is 10.6 Å². The van der Waals surface area contributed by atoms with E-state index in [1.54, 1.807) is 19.1 Å². The molecule has 8 heteroatoms. The summed E-state index contributed by atoms with van der Waals surface area (Å²) in [7, 11) is 0. The normalized spacial score (nSPS) is 11.4. The molecule has 0 heterocycles. The summed E-state index contributed by atoms with van der Waals surface area (Å²) in [5.74, 6) is -0.666. The van der Waals surface area contributed by atoms with Crippen LogP contribution >= 0.6 is 0 Å². The van der Waals surface area contributed by atoms with Gasteiger partial charge in [-0.3, -0.25) is 14.9 Å². The maximum Gasteiger partial charge on any atom is 0.292 e. The summed E-state index contributed by atoms with van der Waals surface area (Å²) in [5.41, 5.74) is 0.704. The summed E-state index contributed by atoms with van der Waals surface area (Å²) >= 11 is 0. The predicted molar refractivity (Wildman–Crippen MR) is 78.0 cm³/mol. The van der Waals surface area contributed by atoms with E-state index in [9.17, 15) is 14.9 Å². The Morgan fingerprint density at radius 1 is 1.38 bits per heavy atom. The van der Waals surface area contributed by atoms with Gasteiger partial charge in [0.25, 0.3) is 5.69 Å². The lowest BCUT2D eigenvalue weighted by Crippen LogP contribution is -2.30. The second kappa shape index (κ2) is 7.15. The molecule has 112 valence electrons. The van der Waals surface area contributed by atoms with E-state index in [1.165, 1.54) is 19.1 Å². The van der Waals surface area contributed by atoms with E-state index < -0.39 is 17.4 Å². The number of aliphatic hydroxyl groups is 1. The molecule has 0 aliphatic rings. The largest absolute Gasteiger partial charge is 0.387 e. The van der Waals surface area contributed by atoms with Crippen molar-refractivity contribution < 1.29 is 14.8 Å². The van der Waals surface area contributed by atoms with Crippen molar-refractivity contribution in [2.75, 3.05) is 11.9 Å². The van der Waals surface area contributed by atoms with Crippen molar-refractivity contribution in [3.05, 3.63) is 45.8 Å². The Balaban J connectivity index is 3.13.